The molecule has 1 heterocycles. The summed E-state index contributed by atoms with van der Waals surface area (Å²) in [4.78, 5) is 27.6. The molecule has 0 spiro atoms. The van der Waals surface area contributed by atoms with Crippen LogP contribution in [0.2, 0.25) is 0 Å². The minimum Gasteiger partial charge on any atom is -0.497 e. The maximum Gasteiger partial charge on any atom is 0.254 e. The molecule has 1 saturated heterocycles. The molecule has 5 nitrogen and oxygen atoms in total. The van der Waals surface area contributed by atoms with Crippen LogP contribution in [-0.2, 0) is 4.79 Å². The molecule has 0 aromatic heterocycles. The fraction of sp³-hybridized carbons (Fsp3) is 0.391. The maximum atomic E-state index is 13.4. The molecule has 2 aromatic carbocycles. The van der Waals surface area contributed by atoms with E-state index < -0.39 is 0 Å². The molecule has 6 heteroatoms. The number of ether oxygens (including phenoxy) is 1. The Kier molecular flexibility index (Phi) is 6.52. The second kappa shape index (κ2) is 9.07. The molecule has 2 aromatic rings. The fourth-order valence-electron chi connectivity index (χ4n) is 3.66. The van der Waals surface area contributed by atoms with E-state index in [2.05, 4.69) is 5.32 Å². The topological polar surface area (TPSA) is 58.6 Å². The van der Waals surface area contributed by atoms with E-state index in [9.17, 15) is 14.0 Å². The van der Waals surface area contributed by atoms with Gasteiger partial charge in [0.2, 0.25) is 5.91 Å². The molecular weight excluding hydrogens is 371 g/mol. The number of rotatable bonds is 6. The fourth-order valence-corrected chi connectivity index (χ4v) is 3.66. The summed E-state index contributed by atoms with van der Waals surface area (Å²) >= 11 is 0. The average Bonchev–Trinajstić information content (AvgIpc) is 3.17. The molecule has 2 amide bonds. The second-order valence-corrected chi connectivity index (χ2v) is 7.85. The van der Waals surface area contributed by atoms with Crippen LogP contribution in [-0.4, -0.2) is 43.5 Å². The highest BCUT2D eigenvalue weighted by Crippen LogP contribution is 2.34. The van der Waals surface area contributed by atoms with Crippen LogP contribution in [0.1, 0.15) is 35.7 Å². The Morgan fingerprint density at radius 2 is 1.90 bits per heavy atom. The minimum absolute atomic E-state index is 0.0750. The van der Waals surface area contributed by atoms with Crippen LogP contribution in [0.3, 0.4) is 0 Å². The van der Waals surface area contributed by atoms with Crippen LogP contribution in [0.25, 0.3) is 0 Å². The van der Waals surface area contributed by atoms with E-state index in [1.807, 2.05) is 13.8 Å². The van der Waals surface area contributed by atoms with Gasteiger partial charge in [0, 0.05) is 31.1 Å². The van der Waals surface area contributed by atoms with Crippen molar-refractivity contribution < 1.29 is 18.7 Å². The largest absolute Gasteiger partial charge is 0.497 e. The van der Waals surface area contributed by atoms with Crippen molar-refractivity contribution in [1.29, 1.82) is 0 Å². The zero-order chi connectivity index (χ0) is 21.0. The van der Waals surface area contributed by atoms with E-state index in [-0.39, 0.29) is 29.5 Å². The molecule has 0 bridgehead atoms. The average molecular weight is 398 g/mol. The molecule has 1 fully saturated rings. The number of methoxy groups -OCH3 is 1. The Hall–Kier alpha value is -2.89. The van der Waals surface area contributed by atoms with Crippen molar-refractivity contribution in [2.45, 2.75) is 19.8 Å². The number of likely N-dealkylation sites (tertiary alicyclic amines) is 1. The lowest BCUT2D eigenvalue weighted by Crippen LogP contribution is -2.37. The molecule has 3 rings (SSSR count). The van der Waals surface area contributed by atoms with Gasteiger partial charge in [0.25, 0.3) is 5.91 Å². The van der Waals surface area contributed by atoms with E-state index in [1.165, 1.54) is 12.1 Å². The first kappa shape index (κ1) is 20.8. The van der Waals surface area contributed by atoms with Gasteiger partial charge in [0.1, 0.15) is 11.6 Å². The highest BCUT2D eigenvalue weighted by atomic mass is 19.1. The number of carbonyl (C=O) groups is 2. The minimum atomic E-state index is -0.381. The Labute approximate surface area is 170 Å². The summed E-state index contributed by atoms with van der Waals surface area (Å²) in [6, 6.07) is 13.2. The van der Waals surface area contributed by atoms with E-state index in [0.717, 1.165) is 5.56 Å². The molecule has 2 unspecified atom stereocenters. The lowest BCUT2D eigenvalue weighted by molar-refractivity contribution is -0.125. The van der Waals surface area contributed by atoms with Crippen molar-refractivity contribution in [1.82, 2.24) is 10.2 Å². The molecule has 1 N–H and O–H groups in total. The molecule has 0 radical (unpaired) electrons. The molecule has 0 aliphatic carbocycles. The second-order valence-electron chi connectivity index (χ2n) is 7.85. The third-order valence-corrected chi connectivity index (χ3v) is 5.24. The van der Waals surface area contributed by atoms with Crippen LogP contribution in [0, 0.1) is 17.7 Å². The zero-order valence-corrected chi connectivity index (χ0v) is 17.0. The molecule has 154 valence electrons. The van der Waals surface area contributed by atoms with Gasteiger partial charge in [-0.05, 0) is 41.8 Å². The van der Waals surface area contributed by atoms with E-state index in [1.54, 1.807) is 48.4 Å². The van der Waals surface area contributed by atoms with Crippen molar-refractivity contribution in [3.63, 3.8) is 0 Å². The standard InChI is InChI=1S/C23H27FN2O3/c1-15(2)12-25-22(27)21-14-26(13-20(21)16-7-9-18(24)10-8-16)23(28)17-5-4-6-19(11-17)29-3/h4-11,15,20-21H,12-14H2,1-3H3,(H,25,27). The lowest BCUT2D eigenvalue weighted by atomic mass is 9.88. The van der Waals surface area contributed by atoms with Gasteiger partial charge >= 0.3 is 0 Å². The number of nitrogens with zero attached hydrogens (tertiary/aromatic N) is 1. The van der Waals surface area contributed by atoms with Gasteiger partial charge in [0.15, 0.2) is 0 Å². The van der Waals surface area contributed by atoms with Crippen LogP contribution < -0.4 is 10.1 Å². The molecular formula is C23H27FN2O3. The van der Waals surface area contributed by atoms with Gasteiger partial charge in [-0.25, -0.2) is 4.39 Å². The van der Waals surface area contributed by atoms with E-state index in [4.69, 9.17) is 4.74 Å². The van der Waals surface area contributed by atoms with Gasteiger partial charge in [-0.15, -0.1) is 0 Å². The normalized spacial score (nSPS) is 18.7. The smallest absolute Gasteiger partial charge is 0.254 e. The molecule has 0 saturated carbocycles. The number of halogens is 1. The lowest BCUT2D eigenvalue weighted by Gasteiger charge is -2.18. The van der Waals surface area contributed by atoms with Crippen molar-refractivity contribution in [2.24, 2.45) is 11.8 Å². The first-order chi connectivity index (χ1) is 13.9. The Morgan fingerprint density at radius 1 is 1.17 bits per heavy atom. The third kappa shape index (κ3) is 4.94. The Balaban J connectivity index is 1.84. The summed E-state index contributed by atoms with van der Waals surface area (Å²) < 4.78 is 18.6. The number of benzene rings is 2. The summed E-state index contributed by atoms with van der Waals surface area (Å²) in [5.41, 5.74) is 1.38. The quantitative estimate of drug-likeness (QED) is 0.811. The summed E-state index contributed by atoms with van der Waals surface area (Å²) in [6.45, 7) is 5.37. The summed E-state index contributed by atoms with van der Waals surface area (Å²) in [6.07, 6.45) is 0. The van der Waals surface area contributed by atoms with Crippen LogP contribution in [0.15, 0.2) is 48.5 Å². The monoisotopic (exact) mass is 398 g/mol. The summed E-state index contributed by atoms with van der Waals surface area (Å²) in [5, 5.41) is 2.98. The third-order valence-electron chi connectivity index (χ3n) is 5.24. The van der Waals surface area contributed by atoms with Gasteiger partial charge in [-0.2, -0.15) is 0 Å². The van der Waals surface area contributed by atoms with Crippen molar-refractivity contribution in [2.75, 3.05) is 26.7 Å². The first-order valence-electron chi connectivity index (χ1n) is 9.85. The molecule has 2 atom stereocenters. The maximum absolute atomic E-state index is 13.4. The molecule has 29 heavy (non-hydrogen) atoms. The number of carbonyl (C=O) groups excluding carboxylic acids is 2. The molecule has 1 aliphatic heterocycles. The van der Waals surface area contributed by atoms with E-state index in [0.29, 0.717) is 36.9 Å². The van der Waals surface area contributed by atoms with Gasteiger partial charge in [-0.1, -0.05) is 32.0 Å². The van der Waals surface area contributed by atoms with Gasteiger partial charge < -0.3 is 15.0 Å². The van der Waals surface area contributed by atoms with Crippen LogP contribution >= 0.6 is 0 Å². The van der Waals surface area contributed by atoms with Crippen molar-refractivity contribution in [3.8, 4) is 5.75 Å². The predicted molar refractivity (Wildman–Crippen MR) is 109 cm³/mol. The van der Waals surface area contributed by atoms with Crippen molar-refractivity contribution >= 4 is 11.8 Å². The number of amides is 2. The number of hydrogen-bond acceptors (Lipinski definition) is 3. The van der Waals surface area contributed by atoms with Gasteiger partial charge in [-0.3, -0.25) is 9.59 Å². The molecule has 1 aliphatic rings. The van der Waals surface area contributed by atoms with Crippen LogP contribution in [0.4, 0.5) is 4.39 Å². The Morgan fingerprint density at radius 3 is 2.55 bits per heavy atom. The number of nitrogens with one attached hydrogen (secondary N) is 1. The number of hydrogen-bond donors (Lipinski definition) is 1. The summed E-state index contributed by atoms with van der Waals surface area (Å²) in [5.74, 6) is -0.164. The van der Waals surface area contributed by atoms with E-state index >= 15 is 0 Å². The van der Waals surface area contributed by atoms with Crippen LogP contribution in [0.5, 0.6) is 5.75 Å². The SMILES string of the molecule is COc1cccc(C(=O)N2CC(C(=O)NCC(C)C)C(c3ccc(F)cc3)C2)c1. The highest BCUT2D eigenvalue weighted by Gasteiger charge is 2.40. The zero-order valence-electron chi connectivity index (χ0n) is 17.0. The highest BCUT2D eigenvalue weighted by molar-refractivity contribution is 5.95. The summed E-state index contributed by atoms with van der Waals surface area (Å²) in [7, 11) is 1.55. The van der Waals surface area contributed by atoms with Gasteiger partial charge in [0.05, 0.1) is 13.0 Å². The first-order valence-corrected chi connectivity index (χ1v) is 9.85. The Bertz CT molecular complexity index is 867. The predicted octanol–water partition coefficient (Wildman–Crippen LogP) is 3.46. The van der Waals surface area contributed by atoms with Crippen molar-refractivity contribution in [3.05, 3.63) is 65.5 Å².